The number of nitrogens with one attached hydrogen (secondary N) is 1. The molecule has 0 aliphatic carbocycles. The molecular weight excluding hydrogens is 396 g/mol. The molecule has 7 heteroatoms. The van der Waals surface area contributed by atoms with Crippen molar-refractivity contribution in [1.29, 1.82) is 0 Å². The van der Waals surface area contributed by atoms with Crippen LogP contribution in [0.3, 0.4) is 0 Å². The smallest absolute Gasteiger partial charge is 0.227 e. The van der Waals surface area contributed by atoms with E-state index in [1.807, 2.05) is 30.5 Å². The van der Waals surface area contributed by atoms with Crippen molar-refractivity contribution >= 4 is 38.9 Å². The summed E-state index contributed by atoms with van der Waals surface area (Å²) in [4.78, 5) is 11.6. The van der Waals surface area contributed by atoms with E-state index in [2.05, 4.69) is 44.8 Å². The van der Waals surface area contributed by atoms with E-state index in [0.717, 1.165) is 58.9 Å². The van der Waals surface area contributed by atoms with Crippen LogP contribution in [0.1, 0.15) is 5.56 Å². The Morgan fingerprint density at radius 3 is 2.73 bits per heavy atom. The Hall–Kier alpha value is -3.00. The van der Waals surface area contributed by atoms with Crippen LogP contribution in [0.15, 0.2) is 60.1 Å². The maximum atomic E-state index is 9.44. The van der Waals surface area contributed by atoms with Gasteiger partial charge >= 0.3 is 0 Å². The maximum Gasteiger partial charge on any atom is 0.227 e. The molecule has 0 unspecified atom stereocenters. The van der Waals surface area contributed by atoms with Gasteiger partial charge in [0.25, 0.3) is 0 Å². The fourth-order valence-corrected chi connectivity index (χ4v) is 4.51. The molecule has 2 aromatic heterocycles. The minimum atomic E-state index is 0.0259. The van der Waals surface area contributed by atoms with Gasteiger partial charge in [-0.2, -0.15) is 0 Å². The second-order valence-corrected chi connectivity index (χ2v) is 8.10. The average molecular weight is 419 g/mol. The van der Waals surface area contributed by atoms with Crippen LogP contribution in [0.4, 0.5) is 17.3 Å². The third-order valence-corrected chi connectivity index (χ3v) is 6.14. The highest BCUT2D eigenvalue weighted by atomic mass is 32.1. The molecule has 0 saturated carbocycles. The lowest BCUT2D eigenvalue weighted by Crippen LogP contribution is -2.36. The van der Waals surface area contributed by atoms with Crippen molar-refractivity contribution in [2.45, 2.75) is 6.61 Å². The van der Waals surface area contributed by atoms with Crippen LogP contribution in [0.2, 0.25) is 0 Å². The number of aromatic nitrogens is 2. The van der Waals surface area contributed by atoms with Crippen molar-refractivity contribution < 1.29 is 9.84 Å². The van der Waals surface area contributed by atoms with Crippen LogP contribution in [-0.4, -0.2) is 41.4 Å². The molecule has 1 aliphatic rings. The van der Waals surface area contributed by atoms with Crippen LogP contribution >= 0.6 is 11.3 Å². The number of ether oxygens (including phenoxy) is 1. The topological polar surface area (TPSA) is 70.5 Å². The van der Waals surface area contributed by atoms with Gasteiger partial charge in [0.2, 0.25) is 5.95 Å². The molecule has 1 aliphatic heterocycles. The molecule has 1 saturated heterocycles. The highest BCUT2D eigenvalue weighted by Crippen LogP contribution is 2.33. The Kier molecular flexibility index (Phi) is 5.31. The minimum absolute atomic E-state index is 0.0259. The first kappa shape index (κ1) is 19.0. The van der Waals surface area contributed by atoms with Gasteiger partial charge in [-0.25, -0.2) is 9.97 Å². The van der Waals surface area contributed by atoms with Crippen LogP contribution in [0, 0.1) is 0 Å². The number of hydrogen-bond donors (Lipinski definition) is 2. The monoisotopic (exact) mass is 418 g/mol. The van der Waals surface area contributed by atoms with Crippen LogP contribution in [0.25, 0.3) is 21.3 Å². The number of morpholine rings is 1. The van der Waals surface area contributed by atoms with E-state index in [1.165, 1.54) is 5.69 Å². The number of benzene rings is 2. The predicted octanol–water partition coefficient (Wildman–Crippen LogP) is 4.43. The first-order valence-electron chi connectivity index (χ1n) is 9.94. The Bertz CT molecular complexity index is 1150. The van der Waals surface area contributed by atoms with Crippen molar-refractivity contribution in [3.8, 4) is 11.1 Å². The van der Waals surface area contributed by atoms with Crippen LogP contribution < -0.4 is 10.2 Å². The zero-order chi connectivity index (χ0) is 20.3. The van der Waals surface area contributed by atoms with Crippen LogP contribution in [-0.2, 0) is 11.3 Å². The average Bonchev–Trinajstić information content (AvgIpc) is 3.23. The summed E-state index contributed by atoms with van der Waals surface area (Å²) in [5, 5.41) is 14.9. The Balaban J connectivity index is 1.39. The molecule has 2 aromatic carbocycles. The summed E-state index contributed by atoms with van der Waals surface area (Å²) >= 11 is 1.62. The van der Waals surface area contributed by atoms with Gasteiger partial charge in [0.15, 0.2) is 0 Å². The molecule has 5 rings (SSSR count). The third-order valence-electron chi connectivity index (χ3n) is 5.23. The predicted molar refractivity (Wildman–Crippen MR) is 122 cm³/mol. The highest BCUT2D eigenvalue weighted by Gasteiger charge is 2.12. The summed E-state index contributed by atoms with van der Waals surface area (Å²) in [6.07, 6.45) is 1.86. The number of anilines is 3. The van der Waals surface area contributed by atoms with Crippen molar-refractivity contribution in [2.75, 3.05) is 36.5 Å². The molecule has 152 valence electrons. The lowest BCUT2D eigenvalue weighted by atomic mass is 10.1. The standard InChI is InChI=1S/C23H22N4O2S/c28-14-16-2-1-3-17(12-16)20-15-30-21-13-24-23(26-22(20)21)25-18-4-6-19(7-5-18)27-8-10-29-11-9-27/h1-7,12-13,15,28H,8-11,14H2,(H,24,25,26). The molecule has 0 radical (unpaired) electrons. The summed E-state index contributed by atoms with van der Waals surface area (Å²) in [6, 6.07) is 16.3. The minimum Gasteiger partial charge on any atom is -0.392 e. The molecule has 3 heterocycles. The number of aliphatic hydroxyl groups is 1. The summed E-state index contributed by atoms with van der Waals surface area (Å²) < 4.78 is 6.46. The van der Waals surface area contributed by atoms with Gasteiger partial charge in [-0.3, -0.25) is 0 Å². The van der Waals surface area contributed by atoms with Gasteiger partial charge in [-0.05, 0) is 41.5 Å². The normalized spacial score (nSPS) is 14.2. The van der Waals surface area contributed by atoms with E-state index in [9.17, 15) is 5.11 Å². The summed E-state index contributed by atoms with van der Waals surface area (Å²) in [6.45, 7) is 3.42. The first-order chi connectivity index (χ1) is 14.8. The van der Waals surface area contributed by atoms with E-state index < -0.39 is 0 Å². The van der Waals surface area contributed by atoms with Gasteiger partial charge in [-0.15, -0.1) is 11.3 Å². The van der Waals surface area contributed by atoms with E-state index in [1.54, 1.807) is 11.3 Å². The second-order valence-electron chi connectivity index (χ2n) is 7.19. The van der Waals surface area contributed by atoms with E-state index in [4.69, 9.17) is 9.72 Å². The molecule has 4 aromatic rings. The molecule has 0 atom stereocenters. The van der Waals surface area contributed by atoms with E-state index >= 15 is 0 Å². The summed E-state index contributed by atoms with van der Waals surface area (Å²) in [5.74, 6) is 0.569. The summed E-state index contributed by atoms with van der Waals surface area (Å²) in [7, 11) is 0. The number of hydrogen-bond acceptors (Lipinski definition) is 7. The second kappa shape index (κ2) is 8.39. The Morgan fingerprint density at radius 2 is 1.93 bits per heavy atom. The number of thiophene rings is 1. The number of rotatable bonds is 5. The lowest BCUT2D eigenvalue weighted by Gasteiger charge is -2.28. The number of aliphatic hydroxyl groups excluding tert-OH is 1. The van der Waals surface area contributed by atoms with Gasteiger partial charge in [0.05, 0.1) is 36.2 Å². The maximum absolute atomic E-state index is 9.44. The molecule has 1 fully saturated rings. The SMILES string of the molecule is OCc1cccc(-c2csc3cnc(Nc4ccc(N5CCOCC5)cc4)nc23)c1. The largest absolute Gasteiger partial charge is 0.392 e. The van der Waals surface area contributed by atoms with Gasteiger partial charge in [0, 0.05) is 35.4 Å². The lowest BCUT2D eigenvalue weighted by molar-refractivity contribution is 0.122. The van der Waals surface area contributed by atoms with E-state index in [0.29, 0.717) is 5.95 Å². The molecule has 0 spiro atoms. The van der Waals surface area contributed by atoms with Crippen molar-refractivity contribution in [1.82, 2.24) is 9.97 Å². The molecule has 6 nitrogen and oxygen atoms in total. The zero-order valence-corrected chi connectivity index (χ0v) is 17.2. The Morgan fingerprint density at radius 1 is 1.10 bits per heavy atom. The van der Waals surface area contributed by atoms with E-state index in [-0.39, 0.29) is 6.61 Å². The van der Waals surface area contributed by atoms with Crippen molar-refractivity contribution in [2.24, 2.45) is 0 Å². The quantitative estimate of drug-likeness (QED) is 0.500. The third kappa shape index (κ3) is 3.87. The fourth-order valence-electron chi connectivity index (χ4n) is 3.64. The first-order valence-corrected chi connectivity index (χ1v) is 10.8. The highest BCUT2D eigenvalue weighted by molar-refractivity contribution is 7.17. The Labute approximate surface area is 178 Å². The van der Waals surface area contributed by atoms with Crippen molar-refractivity contribution in [3.63, 3.8) is 0 Å². The molecule has 30 heavy (non-hydrogen) atoms. The van der Waals surface area contributed by atoms with Gasteiger partial charge < -0.3 is 20.1 Å². The van der Waals surface area contributed by atoms with Gasteiger partial charge in [-0.1, -0.05) is 18.2 Å². The molecule has 0 bridgehead atoms. The molecule has 0 amide bonds. The number of nitrogens with zero attached hydrogens (tertiary/aromatic N) is 3. The van der Waals surface area contributed by atoms with Gasteiger partial charge in [0.1, 0.15) is 0 Å². The number of fused-ring (bicyclic) bond motifs is 1. The van der Waals surface area contributed by atoms with Crippen molar-refractivity contribution in [3.05, 3.63) is 65.7 Å². The molecular formula is C23H22N4O2S. The molecule has 2 N–H and O–H groups in total. The zero-order valence-electron chi connectivity index (χ0n) is 16.4. The fraction of sp³-hybridized carbons (Fsp3) is 0.217. The van der Waals surface area contributed by atoms with Crippen LogP contribution in [0.5, 0.6) is 0 Å². The summed E-state index contributed by atoms with van der Waals surface area (Å²) in [5.41, 5.74) is 6.05.